The minimum Gasteiger partial charge on any atom is -0.396 e. The molecule has 8 nitrogen and oxygen atoms in total. The predicted molar refractivity (Wildman–Crippen MR) is 123 cm³/mol. The Labute approximate surface area is 200 Å². The summed E-state index contributed by atoms with van der Waals surface area (Å²) in [6, 6.07) is 5.80. The zero-order chi connectivity index (χ0) is 23.0. The lowest BCUT2D eigenvalue weighted by Gasteiger charge is -2.34. The van der Waals surface area contributed by atoms with Gasteiger partial charge in [-0.1, -0.05) is 34.5 Å². The lowest BCUT2D eigenvalue weighted by molar-refractivity contribution is -0.140. The number of nitrogens with zero attached hydrogens (tertiary/aromatic N) is 1. The van der Waals surface area contributed by atoms with Crippen molar-refractivity contribution in [2.75, 3.05) is 25.0 Å². The van der Waals surface area contributed by atoms with E-state index in [1.54, 1.807) is 24.3 Å². The van der Waals surface area contributed by atoms with Crippen LogP contribution in [-0.2, 0) is 19.1 Å². The second kappa shape index (κ2) is 9.29. The van der Waals surface area contributed by atoms with Crippen LogP contribution < -0.4 is 10.6 Å². The molecule has 6 atom stereocenters. The van der Waals surface area contributed by atoms with E-state index in [0.29, 0.717) is 30.1 Å². The second-order valence-corrected chi connectivity index (χ2v) is 10.2. The molecule has 1 aromatic rings. The van der Waals surface area contributed by atoms with Crippen LogP contribution in [0.2, 0.25) is 5.02 Å². The number of aliphatic hydroxyl groups is 1. The zero-order valence-corrected chi connectivity index (χ0v) is 20.1. The van der Waals surface area contributed by atoms with Gasteiger partial charge >= 0.3 is 0 Å². The number of fused-ring (bicyclic) bond motifs is 1. The number of amides is 3. The van der Waals surface area contributed by atoms with Crippen molar-refractivity contribution in [2.45, 2.75) is 48.8 Å². The lowest BCUT2D eigenvalue weighted by atomic mass is 9.70. The summed E-state index contributed by atoms with van der Waals surface area (Å²) in [5.74, 6) is -2.28. The number of nitrogens with one attached hydrogen (secondary N) is 2. The van der Waals surface area contributed by atoms with E-state index < -0.39 is 29.6 Å². The van der Waals surface area contributed by atoms with Gasteiger partial charge in [0, 0.05) is 35.2 Å². The van der Waals surface area contributed by atoms with Gasteiger partial charge in [0.2, 0.25) is 17.7 Å². The van der Waals surface area contributed by atoms with Gasteiger partial charge in [-0.25, -0.2) is 0 Å². The first-order valence-electron chi connectivity index (χ1n) is 10.9. The van der Waals surface area contributed by atoms with E-state index in [0.717, 1.165) is 6.42 Å². The average molecular weight is 529 g/mol. The lowest BCUT2D eigenvalue weighted by Crippen LogP contribution is -2.54. The monoisotopic (exact) mass is 527 g/mol. The largest absolute Gasteiger partial charge is 0.396 e. The third-order valence-corrected chi connectivity index (χ3v) is 7.66. The molecular weight excluding hydrogens is 502 g/mol. The summed E-state index contributed by atoms with van der Waals surface area (Å²) in [6.07, 6.45) is 1.07. The normalized spacial score (nSPS) is 32.8. The number of hydrogen-bond donors (Lipinski definition) is 3. The number of benzene rings is 1. The standard InChI is InChI=1S/C22H27BrClN3O5/c1-2-8-25-19(29)15-16-21(31)27(9-3-10-28)18(22(16)11-14(23)17(15)32-22)20(30)26-13-6-4-12(24)5-7-13/h4-7,14-18,28H,2-3,8-11H2,1H3,(H,25,29)(H,26,30)/t14?,15-,16+,17-,18?,22?/m1/s1. The number of hydrogen-bond acceptors (Lipinski definition) is 5. The second-order valence-electron chi connectivity index (χ2n) is 8.56. The highest BCUT2D eigenvalue weighted by Gasteiger charge is 2.76. The van der Waals surface area contributed by atoms with E-state index in [9.17, 15) is 19.5 Å². The predicted octanol–water partition coefficient (Wildman–Crippen LogP) is 1.94. The SMILES string of the molecule is CCCNC(=O)[C@H]1[C@@H]2OC3(CC2Br)C(C(=O)Nc2ccc(Cl)cc2)N(CCCO)C(=O)[C@H]13. The molecule has 3 saturated heterocycles. The fourth-order valence-corrected chi connectivity index (χ4v) is 6.39. The number of carbonyl (C=O) groups is 3. The molecule has 2 bridgehead atoms. The Balaban J connectivity index is 1.68. The summed E-state index contributed by atoms with van der Waals surface area (Å²) in [6.45, 7) is 2.56. The molecule has 0 saturated carbocycles. The highest BCUT2D eigenvalue weighted by atomic mass is 79.9. The maximum Gasteiger partial charge on any atom is 0.250 e. The molecule has 10 heteroatoms. The summed E-state index contributed by atoms with van der Waals surface area (Å²) >= 11 is 9.57. The summed E-state index contributed by atoms with van der Waals surface area (Å²) < 4.78 is 6.37. The van der Waals surface area contributed by atoms with Gasteiger partial charge in [0.15, 0.2) is 0 Å². The van der Waals surface area contributed by atoms with Crippen LogP contribution in [-0.4, -0.2) is 70.0 Å². The number of likely N-dealkylation sites (tertiary alicyclic amines) is 1. The fourth-order valence-electron chi connectivity index (χ4n) is 5.32. The Hall–Kier alpha value is -1.68. The molecule has 3 N–H and O–H groups in total. The zero-order valence-electron chi connectivity index (χ0n) is 17.7. The van der Waals surface area contributed by atoms with Crippen LogP contribution in [0.3, 0.4) is 0 Å². The van der Waals surface area contributed by atoms with Gasteiger partial charge in [-0.15, -0.1) is 0 Å². The molecule has 1 aromatic carbocycles. The molecule has 0 aliphatic carbocycles. The van der Waals surface area contributed by atoms with Gasteiger partial charge in [0.25, 0.3) is 0 Å². The number of anilines is 1. The van der Waals surface area contributed by atoms with Crippen molar-refractivity contribution in [2.24, 2.45) is 11.8 Å². The average Bonchev–Trinajstić information content (AvgIpc) is 3.35. The van der Waals surface area contributed by atoms with Crippen LogP contribution in [0.4, 0.5) is 5.69 Å². The third-order valence-electron chi connectivity index (χ3n) is 6.56. The number of halogens is 2. The van der Waals surface area contributed by atoms with E-state index >= 15 is 0 Å². The van der Waals surface area contributed by atoms with Crippen LogP contribution in [0.25, 0.3) is 0 Å². The van der Waals surface area contributed by atoms with Crippen molar-refractivity contribution in [3.8, 4) is 0 Å². The first-order valence-corrected chi connectivity index (χ1v) is 12.2. The van der Waals surface area contributed by atoms with Crippen molar-refractivity contribution in [3.05, 3.63) is 29.3 Å². The molecule has 3 heterocycles. The molecule has 4 rings (SSSR count). The molecule has 3 unspecified atom stereocenters. The van der Waals surface area contributed by atoms with Crippen LogP contribution in [0, 0.1) is 11.8 Å². The van der Waals surface area contributed by atoms with Crippen molar-refractivity contribution >= 4 is 50.9 Å². The quantitative estimate of drug-likeness (QED) is 0.447. The van der Waals surface area contributed by atoms with Gasteiger partial charge in [0.05, 0.1) is 17.9 Å². The van der Waals surface area contributed by atoms with Crippen LogP contribution in [0.1, 0.15) is 26.2 Å². The summed E-state index contributed by atoms with van der Waals surface area (Å²) in [4.78, 5) is 41.4. The van der Waals surface area contributed by atoms with Gasteiger partial charge in [-0.05, 0) is 43.5 Å². The molecule has 3 amide bonds. The molecule has 1 spiro atoms. The molecule has 3 aliphatic heterocycles. The van der Waals surface area contributed by atoms with Crippen molar-refractivity contribution in [1.29, 1.82) is 0 Å². The molecule has 174 valence electrons. The van der Waals surface area contributed by atoms with Crippen molar-refractivity contribution < 1.29 is 24.2 Å². The Morgan fingerprint density at radius 3 is 2.69 bits per heavy atom. The first-order chi connectivity index (χ1) is 15.3. The number of rotatable bonds is 8. The Bertz CT molecular complexity index is 900. The van der Waals surface area contributed by atoms with Crippen molar-refractivity contribution in [1.82, 2.24) is 10.2 Å². The summed E-state index contributed by atoms with van der Waals surface area (Å²) in [7, 11) is 0. The summed E-state index contributed by atoms with van der Waals surface area (Å²) in [5.41, 5.74) is -0.551. The van der Waals surface area contributed by atoms with Gasteiger partial charge < -0.3 is 25.4 Å². The maximum atomic E-state index is 13.6. The maximum absolute atomic E-state index is 13.6. The van der Waals surface area contributed by atoms with Gasteiger partial charge in [-0.2, -0.15) is 0 Å². The highest BCUT2D eigenvalue weighted by molar-refractivity contribution is 9.09. The Kier molecular flexibility index (Phi) is 6.81. The summed E-state index contributed by atoms with van der Waals surface area (Å²) in [5, 5.41) is 15.7. The molecule has 32 heavy (non-hydrogen) atoms. The topological polar surface area (TPSA) is 108 Å². The molecular formula is C22H27BrClN3O5. The molecule has 0 radical (unpaired) electrons. The first kappa shape index (κ1) is 23.5. The number of aliphatic hydroxyl groups excluding tert-OH is 1. The Morgan fingerprint density at radius 2 is 2.03 bits per heavy atom. The minimum atomic E-state index is -1.10. The van der Waals surface area contributed by atoms with Gasteiger partial charge in [-0.3, -0.25) is 14.4 Å². The molecule has 0 aromatic heterocycles. The Morgan fingerprint density at radius 1 is 1.31 bits per heavy atom. The van der Waals surface area contributed by atoms with Crippen LogP contribution >= 0.6 is 27.5 Å². The molecule has 3 aliphatic rings. The number of carbonyl (C=O) groups excluding carboxylic acids is 3. The molecule has 3 fully saturated rings. The third kappa shape index (κ3) is 3.83. The van der Waals surface area contributed by atoms with E-state index in [2.05, 4.69) is 26.6 Å². The van der Waals surface area contributed by atoms with Gasteiger partial charge in [0.1, 0.15) is 11.6 Å². The smallest absolute Gasteiger partial charge is 0.250 e. The van der Waals surface area contributed by atoms with E-state index in [-0.39, 0.29) is 35.7 Å². The van der Waals surface area contributed by atoms with E-state index in [1.807, 2.05) is 6.92 Å². The van der Waals surface area contributed by atoms with Crippen molar-refractivity contribution in [3.63, 3.8) is 0 Å². The van der Waals surface area contributed by atoms with Crippen LogP contribution in [0.5, 0.6) is 0 Å². The number of ether oxygens (including phenoxy) is 1. The highest BCUT2D eigenvalue weighted by Crippen LogP contribution is 2.60. The van der Waals surface area contributed by atoms with Crippen LogP contribution in [0.15, 0.2) is 24.3 Å². The number of alkyl halides is 1. The van der Waals surface area contributed by atoms with E-state index in [1.165, 1.54) is 4.90 Å². The minimum absolute atomic E-state index is 0.113. The fraction of sp³-hybridized carbons (Fsp3) is 0.591. The van der Waals surface area contributed by atoms with E-state index in [4.69, 9.17) is 16.3 Å².